The fourth-order valence-corrected chi connectivity index (χ4v) is 2.58. The number of benzene rings is 1. The molecule has 18 heavy (non-hydrogen) atoms. The van der Waals surface area contributed by atoms with Gasteiger partial charge in [-0.2, -0.15) is 0 Å². The summed E-state index contributed by atoms with van der Waals surface area (Å²) in [4.78, 5) is 0. The van der Waals surface area contributed by atoms with Gasteiger partial charge in [0.25, 0.3) is 0 Å². The van der Waals surface area contributed by atoms with Crippen molar-refractivity contribution in [2.75, 3.05) is 0 Å². The minimum absolute atomic E-state index is 0.204. The van der Waals surface area contributed by atoms with Gasteiger partial charge in [0, 0.05) is 0 Å². The average molecular weight is 243 g/mol. The molecule has 2 N–H and O–H groups in total. The van der Waals surface area contributed by atoms with E-state index >= 15 is 0 Å². The number of fused-ring (bicyclic) bond motifs is 1. The van der Waals surface area contributed by atoms with Crippen molar-refractivity contribution >= 4 is 0 Å². The second-order valence-corrected chi connectivity index (χ2v) is 4.91. The highest BCUT2D eigenvalue weighted by Crippen LogP contribution is 2.36. The van der Waals surface area contributed by atoms with Gasteiger partial charge in [-0.25, -0.2) is 0 Å². The van der Waals surface area contributed by atoms with E-state index in [1.807, 2.05) is 6.92 Å². The summed E-state index contributed by atoms with van der Waals surface area (Å²) >= 11 is 0. The maximum atomic E-state index is 5.75. The normalized spacial score (nSPS) is 20.4. The van der Waals surface area contributed by atoms with Gasteiger partial charge in [0.05, 0.1) is 12.0 Å². The quantitative estimate of drug-likeness (QED) is 0.880. The van der Waals surface area contributed by atoms with Gasteiger partial charge in [-0.15, -0.1) is 10.2 Å². The summed E-state index contributed by atoms with van der Waals surface area (Å²) in [6.45, 7) is 1.85. The third-order valence-electron chi connectivity index (χ3n) is 3.51. The van der Waals surface area contributed by atoms with E-state index in [0.29, 0.717) is 11.8 Å². The number of hydrogen-bond donors (Lipinski definition) is 1. The standard InChI is InChI=1S/C14H17N3O/c1-9(15)13-16-17-14(18-13)12-8-4-6-10-5-2-3-7-11(10)12/h2-3,5,7,9,12H,4,6,8,15H2,1H3. The minimum atomic E-state index is -0.204. The molecule has 0 bridgehead atoms. The zero-order valence-corrected chi connectivity index (χ0v) is 10.5. The maximum absolute atomic E-state index is 5.75. The Morgan fingerprint density at radius 2 is 2.17 bits per heavy atom. The Labute approximate surface area is 106 Å². The number of rotatable bonds is 2. The lowest BCUT2D eigenvalue weighted by Gasteiger charge is -2.22. The zero-order valence-electron chi connectivity index (χ0n) is 10.5. The maximum Gasteiger partial charge on any atom is 0.232 e. The van der Waals surface area contributed by atoms with Gasteiger partial charge in [0.2, 0.25) is 11.8 Å². The largest absolute Gasteiger partial charge is 0.423 e. The van der Waals surface area contributed by atoms with E-state index in [2.05, 4.69) is 34.5 Å². The molecule has 2 unspecified atom stereocenters. The Hall–Kier alpha value is -1.68. The monoisotopic (exact) mass is 243 g/mol. The molecule has 1 heterocycles. The van der Waals surface area contributed by atoms with Gasteiger partial charge in [-0.3, -0.25) is 0 Å². The summed E-state index contributed by atoms with van der Waals surface area (Å²) in [7, 11) is 0. The van der Waals surface area contributed by atoms with Crippen molar-refractivity contribution in [3.63, 3.8) is 0 Å². The molecule has 0 saturated heterocycles. The molecule has 2 aromatic rings. The van der Waals surface area contributed by atoms with Crippen molar-refractivity contribution in [2.45, 2.75) is 38.1 Å². The molecule has 0 amide bonds. The molecule has 4 nitrogen and oxygen atoms in total. The Morgan fingerprint density at radius 1 is 1.33 bits per heavy atom. The van der Waals surface area contributed by atoms with Crippen LogP contribution in [-0.2, 0) is 6.42 Å². The van der Waals surface area contributed by atoms with Crippen LogP contribution in [0.25, 0.3) is 0 Å². The summed E-state index contributed by atoms with van der Waals surface area (Å²) in [6.07, 6.45) is 3.37. The second kappa shape index (κ2) is 4.53. The number of hydrogen-bond acceptors (Lipinski definition) is 4. The van der Waals surface area contributed by atoms with E-state index in [9.17, 15) is 0 Å². The molecule has 3 rings (SSSR count). The lowest BCUT2D eigenvalue weighted by Crippen LogP contribution is -2.11. The molecule has 0 fully saturated rings. The molecule has 0 aliphatic heterocycles. The fourth-order valence-electron chi connectivity index (χ4n) is 2.58. The van der Waals surface area contributed by atoms with E-state index in [1.165, 1.54) is 11.1 Å². The van der Waals surface area contributed by atoms with Crippen LogP contribution in [0, 0.1) is 0 Å². The van der Waals surface area contributed by atoms with Crippen molar-refractivity contribution in [1.82, 2.24) is 10.2 Å². The minimum Gasteiger partial charge on any atom is -0.423 e. The van der Waals surface area contributed by atoms with Crippen molar-refractivity contribution < 1.29 is 4.42 Å². The van der Waals surface area contributed by atoms with Gasteiger partial charge in [-0.05, 0) is 37.3 Å². The Bertz CT molecular complexity index is 547. The zero-order chi connectivity index (χ0) is 12.5. The van der Waals surface area contributed by atoms with E-state index in [1.54, 1.807) is 0 Å². The smallest absolute Gasteiger partial charge is 0.232 e. The van der Waals surface area contributed by atoms with Crippen molar-refractivity contribution in [2.24, 2.45) is 5.73 Å². The Balaban J connectivity index is 1.97. The van der Waals surface area contributed by atoms with Gasteiger partial charge in [0.15, 0.2) is 0 Å². The first-order valence-electron chi connectivity index (χ1n) is 6.42. The van der Waals surface area contributed by atoms with Crippen LogP contribution in [0.15, 0.2) is 28.7 Å². The van der Waals surface area contributed by atoms with Crippen LogP contribution >= 0.6 is 0 Å². The lowest BCUT2D eigenvalue weighted by atomic mass is 9.83. The summed E-state index contributed by atoms with van der Waals surface area (Å²) in [5, 5.41) is 8.19. The SMILES string of the molecule is CC(N)c1nnc(C2CCCc3ccccc32)o1. The molecule has 1 aromatic carbocycles. The topological polar surface area (TPSA) is 64.9 Å². The molecular formula is C14H17N3O. The molecular weight excluding hydrogens is 226 g/mol. The van der Waals surface area contributed by atoms with E-state index < -0.39 is 0 Å². The third kappa shape index (κ3) is 1.93. The average Bonchev–Trinajstić information content (AvgIpc) is 2.87. The van der Waals surface area contributed by atoms with Crippen LogP contribution in [0.4, 0.5) is 0 Å². The molecule has 1 aromatic heterocycles. The molecule has 4 heteroatoms. The highest BCUT2D eigenvalue weighted by Gasteiger charge is 2.26. The molecule has 1 aliphatic rings. The number of aromatic nitrogens is 2. The van der Waals surface area contributed by atoms with Gasteiger partial charge in [0.1, 0.15) is 0 Å². The molecule has 1 aliphatic carbocycles. The fraction of sp³-hybridized carbons (Fsp3) is 0.429. The highest BCUT2D eigenvalue weighted by molar-refractivity contribution is 5.35. The second-order valence-electron chi connectivity index (χ2n) is 4.91. The predicted molar refractivity (Wildman–Crippen MR) is 68.1 cm³/mol. The summed E-state index contributed by atoms with van der Waals surface area (Å²) < 4.78 is 5.69. The van der Waals surface area contributed by atoms with Crippen LogP contribution in [0.2, 0.25) is 0 Å². The van der Waals surface area contributed by atoms with Crippen molar-refractivity contribution in [3.05, 3.63) is 47.2 Å². The lowest BCUT2D eigenvalue weighted by molar-refractivity contribution is 0.398. The molecule has 94 valence electrons. The summed E-state index contributed by atoms with van der Waals surface area (Å²) in [6, 6.07) is 8.30. The third-order valence-corrected chi connectivity index (χ3v) is 3.51. The van der Waals surface area contributed by atoms with Crippen LogP contribution in [-0.4, -0.2) is 10.2 Å². The van der Waals surface area contributed by atoms with Gasteiger partial charge < -0.3 is 10.2 Å². The molecule has 0 saturated carbocycles. The summed E-state index contributed by atoms with van der Waals surface area (Å²) in [5.74, 6) is 1.46. The first kappa shape index (κ1) is 11.4. The predicted octanol–water partition coefficient (Wildman–Crippen LogP) is 2.56. The number of nitrogens with zero attached hydrogens (tertiary/aromatic N) is 2. The van der Waals surface area contributed by atoms with Crippen LogP contribution in [0.3, 0.4) is 0 Å². The Kier molecular flexibility index (Phi) is 2.88. The van der Waals surface area contributed by atoms with E-state index in [4.69, 9.17) is 10.2 Å². The number of nitrogens with two attached hydrogens (primary N) is 1. The van der Waals surface area contributed by atoms with Gasteiger partial charge in [-0.1, -0.05) is 24.3 Å². The van der Waals surface area contributed by atoms with Crippen LogP contribution in [0.5, 0.6) is 0 Å². The first-order chi connectivity index (χ1) is 8.75. The van der Waals surface area contributed by atoms with Gasteiger partial charge >= 0.3 is 0 Å². The van der Waals surface area contributed by atoms with Crippen LogP contribution in [0.1, 0.15) is 54.6 Å². The molecule has 0 spiro atoms. The molecule has 2 atom stereocenters. The highest BCUT2D eigenvalue weighted by atomic mass is 16.4. The van der Waals surface area contributed by atoms with Crippen LogP contribution < -0.4 is 5.73 Å². The van der Waals surface area contributed by atoms with E-state index in [0.717, 1.165) is 19.3 Å². The summed E-state index contributed by atoms with van der Waals surface area (Å²) in [5.41, 5.74) is 8.48. The number of aryl methyl sites for hydroxylation is 1. The first-order valence-corrected chi connectivity index (χ1v) is 6.42. The van der Waals surface area contributed by atoms with Crippen molar-refractivity contribution in [1.29, 1.82) is 0 Å². The Morgan fingerprint density at radius 3 is 2.94 bits per heavy atom. The van der Waals surface area contributed by atoms with E-state index in [-0.39, 0.29) is 12.0 Å². The van der Waals surface area contributed by atoms with Crippen molar-refractivity contribution in [3.8, 4) is 0 Å². The molecule has 0 radical (unpaired) electrons.